The van der Waals surface area contributed by atoms with Gasteiger partial charge in [-0.2, -0.15) is 0 Å². The number of unbranched alkanes of at least 4 members (excludes halogenated alkanes) is 3. The summed E-state index contributed by atoms with van der Waals surface area (Å²) in [6, 6.07) is 13.4. The summed E-state index contributed by atoms with van der Waals surface area (Å²) in [6.07, 6.45) is 4.75. The first-order valence-corrected chi connectivity index (χ1v) is 8.71. The van der Waals surface area contributed by atoms with Crippen LogP contribution >= 0.6 is 0 Å². The minimum absolute atomic E-state index is 0.102. The van der Waals surface area contributed by atoms with Crippen molar-refractivity contribution in [3.05, 3.63) is 59.2 Å². The van der Waals surface area contributed by atoms with Crippen molar-refractivity contribution in [3.8, 4) is 5.75 Å². The quantitative estimate of drug-likeness (QED) is 0.649. The SMILES string of the molecule is CCCCCCOc1ccc(C(=O)Nc2cc(C)cc(C)c2)cc1. The summed E-state index contributed by atoms with van der Waals surface area (Å²) in [5.74, 6) is 0.712. The molecule has 1 amide bonds. The highest BCUT2D eigenvalue weighted by Crippen LogP contribution is 2.17. The molecular formula is C21H27NO2. The lowest BCUT2D eigenvalue weighted by Gasteiger charge is -2.09. The summed E-state index contributed by atoms with van der Waals surface area (Å²) in [5.41, 5.74) is 3.73. The Morgan fingerprint density at radius 1 is 0.958 bits per heavy atom. The van der Waals surface area contributed by atoms with E-state index in [9.17, 15) is 4.79 Å². The Morgan fingerprint density at radius 2 is 1.62 bits per heavy atom. The maximum Gasteiger partial charge on any atom is 0.255 e. The van der Waals surface area contributed by atoms with Gasteiger partial charge in [0.2, 0.25) is 0 Å². The molecule has 0 fully saturated rings. The summed E-state index contributed by atoms with van der Waals surface area (Å²) >= 11 is 0. The molecule has 0 saturated heterocycles. The molecule has 0 aliphatic heterocycles. The molecule has 0 atom stereocenters. The average Bonchev–Trinajstić information content (AvgIpc) is 2.54. The molecule has 1 N–H and O–H groups in total. The molecule has 0 aromatic heterocycles. The molecule has 3 heteroatoms. The van der Waals surface area contributed by atoms with Gasteiger partial charge in [-0.25, -0.2) is 0 Å². The van der Waals surface area contributed by atoms with Gasteiger partial charge in [0, 0.05) is 11.3 Å². The third kappa shape index (κ3) is 5.73. The van der Waals surface area contributed by atoms with Crippen LogP contribution in [-0.4, -0.2) is 12.5 Å². The minimum Gasteiger partial charge on any atom is -0.494 e. The molecule has 24 heavy (non-hydrogen) atoms. The van der Waals surface area contributed by atoms with Crippen molar-refractivity contribution < 1.29 is 9.53 Å². The fourth-order valence-corrected chi connectivity index (χ4v) is 2.67. The number of aryl methyl sites for hydroxylation is 2. The largest absolute Gasteiger partial charge is 0.494 e. The molecule has 2 aromatic carbocycles. The van der Waals surface area contributed by atoms with E-state index in [1.807, 2.05) is 38.1 Å². The highest BCUT2D eigenvalue weighted by molar-refractivity contribution is 6.04. The number of rotatable bonds is 8. The number of amides is 1. The van der Waals surface area contributed by atoms with Crippen molar-refractivity contribution in [2.75, 3.05) is 11.9 Å². The maximum atomic E-state index is 12.3. The zero-order chi connectivity index (χ0) is 17.4. The first-order chi connectivity index (χ1) is 11.6. The topological polar surface area (TPSA) is 38.3 Å². The average molecular weight is 325 g/mol. The van der Waals surface area contributed by atoms with E-state index in [1.54, 1.807) is 12.1 Å². The Labute approximate surface area is 145 Å². The molecule has 0 radical (unpaired) electrons. The van der Waals surface area contributed by atoms with Crippen LogP contribution in [0.1, 0.15) is 54.1 Å². The van der Waals surface area contributed by atoms with Crippen molar-refractivity contribution in [1.82, 2.24) is 0 Å². The summed E-state index contributed by atoms with van der Waals surface area (Å²) in [6.45, 7) is 6.97. The third-order valence-corrected chi connectivity index (χ3v) is 3.86. The summed E-state index contributed by atoms with van der Waals surface area (Å²) < 4.78 is 5.71. The molecular weight excluding hydrogens is 298 g/mol. The Bertz CT molecular complexity index is 642. The Morgan fingerprint density at radius 3 is 2.25 bits per heavy atom. The first kappa shape index (κ1) is 18.1. The van der Waals surface area contributed by atoms with Gasteiger partial charge in [-0.3, -0.25) is 4.79 Å². The predicted molar refractivity (Wildman–Crippen MR) is 99.9 cm³/mol. The van der Waals surface area contributed by atoms with E-state index >= 15 is 0 Å². The van der Waals surface area contributed by atoms with Gasteiger partial charge in [0.25, 0.3) is 5.91 Å². The van der Waals surface area contributed by atoms with E-state index in [0.29, 0.717) is 5.56 Å². The molecule has 0 bridgehead atoms. The Balaban J connectivity index is 1.88. The van der Waals surface area contributed by atoms with Crippen molar-refractivity contribution in [2.45, 2.75) is 46.5 Å². The third-order valence-electron chi connectivity index (χ3n) is 3.86. The van der Waals surface area contributed by atoms with Crippen LogP contribution in [0, 0.1) is 13.8 Å². The fourth-order valence-electron chi connectivity index (χ4n) is 2.67. The zero-order valence-electron chi connectivity index (χ0n) is 14.9. The Hall–Kier alpha value is -2.29. The van der Waals surface area contributed by atoms with Gasteiger partial charge in [0.05, 0.1) is 6.61 Å². The van der Waals surface area contributed by atoms with Crippen molar-refractivity contribution >= 4 is 11.6 Å². The van der Waals surface area contributed by atoms with Crippen LogP contribution in [0.2, 0.25) is 0 Å². The molecule has 2 aromatic rings. The van der Waals surface area contributed by atoms with Gasteiger partial charge in [0.1, 0.15) is 5.75 Å². The standard InChI is InChI=1S/C21H27NO2/c1-4-5-6-7-12-24-20-10-8-18(9-11-20)21(23)22-19-14-16(2)13-17(3)15-19/h8-11,13-15H,4-7,12H2,1-3H3,(H,22,23). The van der Waals surface area contributed by atoms with Crippen LogP contribution in [0.25, 0.3) is 0 Å². The Kier molecular flexibility index (Phi) is 6.86. The zero-order valence-corrected chi connectivity index (χ0v) is 14.9. The molecule has 0 unspecified atom stereocenters. The van der Waals surface area contributed by atoms with Gasteiger partial charge in [-0.1, -0.05) is 32.3 Å². The lowest BCUT2D eigenvalue weighted by atomic mass is 10.1. The van der Waals surface area contributed by atoms with E-state index in [4.69, 9.17) is 4.74 Å². The summed E-state index contributed by atoms with van der Waals surface area (Å²) in [5, 5.41) is 2.95. The van der Waals surface area contributed by atoms with Crippen LogP contribution in [0.5, 0.6) is 5.75 Å². The molecule has 128 valence electrons. The second-order valence-electron chi connectivity index (χ2n) is 6.26. The van der Waals surface area contributed by atoms with Gasteiger partial charge in [-0.05, 0) is 67.8 Å². The molecule has 0 spiro atoms. The first-order valence-electron chi connectivity index (χ1n) is 8.71. The number of anilines is 1. The number of hydrogen-bond donors (Lipinski definition) is 1. The van der Waals surface area contributed by atoms with Crippen molar-refractivity contribution in [3.63, 3.8) is 0 Å². The number of ether oxygens (including phenoxy) is 1. The smallest absolute Gasteiger partial charge is 0.255 e. The molecule has 2 rings (SSSR count). The molecule has 0 aliphatic carbocycles. The second kappa shape index (κ2) is 9.11. The van der Waals surface area contributed by atoms with Crippen LogP contribution in [0.4, 0.5) is 5.69 Å². The highest BCUT2D eigenvalue weighted by Gasteiger charge is 2.07. The molecule has 0 aliphatic rings. The lowest BCUT2D eigenvalue weighted by molar-refractivity contribution is 0.102. The normalized spacial score (nSPS) is 10.5. The number of carbonyl (C=O) groups excluding carboxylic acids is 1. The summed E-state index contributed by atoms with van der Waals surface area (Å²) in [4.78, 5) is 12.3. The summed E-state index contributed by atoms with van der Waals surface area (Å²) in [7, 11) is 0. The van der Waals surface area contributed by atoms with Crippen LogP contribution in [0.3, 0.4) is 0 Å². The molecule has 0 saturated carbocycles. The van der Waals surface area contributed by atoms with E-state index in [-0.39, 0.29) is 5.91 Å². The minimum atomic E-state index is -0.102. The van der Waals surface area contributed by atoms with E-state index < -0.39 is 0 Å². The van der Waals surface area contributed by atoms with E-state index in [0.717, 1.165) is 35.6 Å². The fraction of sp³-hybridized carbons (Fsp3) is 0.381. The molecule has 0 heterocycles. The highest BCUT2D eigenvalue weighted by atomic mass is 16.5. The number of carbonyl (C=O) groups is 1. The molecule has 3 nitrogen and oxygen atoms in total. The van der Waals surface area contributed by atoms with Crippen LogP contribution in [0.15, 0.2) is 42.5 Å². The second-order valence-corrected chi connectivity index (χ2v) is 6.26. The predicted octanol–water partition coefficient (Wildman–Crippen LogP) is 5.51. The number of nitrogens with one attached hydrogen (secondary N) is 1. The number of hydrogen-bond acceptors (Lipinski definition) is 2. The van der Waals surface area contributed by atoms with E-state index in [2.05, 4.69) is 18.3 Å². The number of benzene rings is 2. The maximum absolute atomic E-state index is 12.3. The van der Waals surface area contributed by atoms with E-state index in [1.165, 1.54) is 19.3 Å². The van der Waals surface area contributed by atoms with Crippen LogP contribution < -0.4 is 10.1 Å². The van der Waals surface area contributed by atoms with Gasteiger partial charge in [0.15, 0.2) is 0 Å². The monoisotopic (exact) mass is 325 g/mol. The van der Waals surface area contributed by atoms with Crippen molar-refractivity contribution in [2.24, 2.45) is 0 Å². The van der Waals surface area contributed by atoms with Gasteiger partial charge in [-0.15, -0.1) is 0 Å². The van der Waals surface area contributed by atoms with Gasteiger partial charge >= 0.3 is 0 Å². The van der Waals surface area contributed by atoms with Crippen molar-refractivity contribution in [1.29, 1.82) is 0 Å². The lowest BCUT2D eigenvalue weighted by Crippen LogP contribution is -2.12. The van der Waals surface area contributed by atoms with Gasteiger partial charge < -0.3 is 10.1 Å². The van der Waals surface area contributed by atoms with Crippen LogP contribution in [-0.2, 0) is 0 Å².